The van der Waals surface area contributed by atoms with Gasteiger partial charge in [0.2, 0.25) is 0 Å². The first-order chi connectivity index (χ1) is 18.3. The number of methoxy groups -OCH3 is 1. The van der Waals surface area contributed by atoms with Gasteiger partial charge in [-0.3, -0.25) is 14.5 Å². The number of hydrogen-bond acceptors (Lipinski definition) is 5. The molecule has 4 aromatic rings. The zero-order valence-electron chi connectivity index (χ0n) is 21.8. The zero-order chi connectivity index (χ0) is 27.0. The summed E-state index contributed by atoms with van der Waals surface area (Å²) in [5.74, 6) is -0.000278. The van der Waals surface area contributed by atoms with E-state index in [1.54, 1.807) is 55.6 Å². The molecular formula is C31H30N2O5. The van der Waals surface area contributed by atoms with Crippen LogP contribution in [0.25, 0.3) is 16.7 Å². The SMILES string of the molecule is COc1ccc(N2C(=O)C(=O)/C(=C(/O)c3ccc(OCC(C)C)cc3)C2c2cn(C)c3ccccc23)cc1. The fraction of sp³-hybridized carbons (Fsp3) is 0.226. The Balaban J connectivity index is 1.67. The standard InChI is InChI=1S/C31H30N2O5/c1-19(2)18-38-23-13-9-20(10-14-23)29(34)27-28(25-17-32(3)26-8-6-5-7-24(25)26)33(31(36)30(27)35)21-11-15-22(37-4)16-12-21/h5-17,19,28,34H,18H2,1-4H3/b29-27+. The van der Waals surface area contributed by atoms with Crippen LogP contribution in [0.4, 0.5) is 5.69 Å². The molecule has 0 saturated carbocycles. The Bertz CT molecular complexity index is 1530. The van der Waals surface area contributed by atoms with Crippen LogP contribution in [0.5, 0.6) is 11.5 Å². The van der Waals surface area contributed by atoms with Crippen LogP contribution in [0.3, 0.4) is 0 Å². The minimum Gasteiger partial charge on any atom is -0.507 e. The van der Waals surface area contributed by atoms with Crippen molar-refractivity contribution in [2.45, 2.75) is 19.9 Å². The van der Waals surface area contributed by atoms with Crippen molar-refractivity contribution in [1.82, 2.24) is 4.57 Å². The smallest absolute Gasteiger partial charge is 0.300 e. The lowest BCUT2D eigenvalue weighted by molar-refractivity contribution is -0.132. The molecule has 0 spiro atoms. The Morgan fingerprint density at radius 2 is 1.61 bits per heavy atom. The number of Topliss-reactive ketones (excluding diaryl/α,β-unsaturated/α-hetero) is 1. The molecule has 1 amide bonds. The predicted molar refractivity (Wildman–Crippen MR) is 147 cm³/mol. The molecule has 0 bridgehead atoms. The molecule has 3 aromatic carbocycles. The van der Waals surface area contributed by atoms with Crippen molar-refractivity contribution >= 4 is 34.0 Å². The van der Waals surface area contributed by atoms with Gasteiger partial charge in [0.25, 0.3) is 11.7 Å². The van der Waals surface area contributed by atoms with Crippen molar-refractivity contribution in [3.63, 3.8) is 0 Å². The summed E-state index contributed by atoms with van der Waals surface area (Å²) in [6.45, 7) is 4.70. The van der Waals surface area contributed by atoms with Gasteiger partial charge in [-0.2, -0.15) is 0 Å². The van der Waals surface area contributed by atoms with E-state index in [4.69, 9.17) is 9.47 Å². The Kier molecular flexibility index (Phi) is 6.68. The number of rotatable bonds is 7. The number of ketones is 1. The third-order valence-corrected chi connectivity index (χ3v) is 6.73. The maximum atomic E-state index is 13.5. The van der Waals surface area contributed by atoms with Crippen LogP contribution in [-0.2, 0) is 16.6 Å². The van der Waals surface area contributed by atoms with Crippen molar-refractivity contribution in [2.75, 3.05) is 18.6 Å². The van der Waals surface area contributed by atoms with Crippen molar-refractivity contribution in [2.24, 2.45) is 13.0 Å². The van der Waals surface area contributed by atoms with Gasteiger partial charge in [-0.1, -0.05) is 32.0 Å². The first-order valence-electron chi connectivity index (χ1n) is 12.5. The molecule has 5 rings (SSSR count). The number of carbonyl (C=O) groups excluding carboxylic acids is 2. The predicted octanol–water partition coefficient (Wildman–Crippen LogP) is 5.85. The first kappa shape index (κ1) is 25.1. The summed E-state index contributed by atoms with van der Waals surface area (Å²) in [6, 6.07) is 20.8. The molecule has 0 radical (unpaired) electrons. The van der Waals surface area contributed by atoms with E-state index in [2.05, 4.69) is 13.8 Å². The topological polar surface area (TPSA) is 81.0 Å². The lowest BCUT2D eigenvalue weighted by atomic mass is 9.94. The number of ether oxygens (including phenoxy) is 2. The van der Waals surface area contributed by atoms with Crippen LogP contribution in [-0.4, -0.2) is 35.1 Å². The van der Waals surface area contributed by atoms with Gasteiger partial charge < -0.3 is 19.1 Å². The molecule has 0 aliphatic carbocycles. The number of fused-ring (bicyclic) bond motifs is 1. The quantitative estimate of drug-likeness (QED) is 0.192. The number of hydrogen-bond donors (Lipinski definition) is 1. The van der Waals surface area contributed by atoms with Crippen LogP contribution in [0.1, 0.15) is 31.0 Å². The Hall–Kier alpha value is -4.52. The monoisotopic (exact) mass is 510 g/mol. The minimum atomic E-state index is -0.827. The average Bonchev–Trinajstić information content (AvgIpc) is 3.40. The van der Waals surface area contributed by atoms with Gasteiger partial charge in [0, 0.05) is 41.0 Å². The molecule has 2 heterocycles. The van der Waals surface area contributed by atoms with E-state index in [-0.39, 0.29) is 11.3 Å². The van der Waals surface area contributed by atoms with Crippen molar-refractivity contribution in [3.8, 4) is 11.5 Å². The summed E-state index contributed by atoms with van der Waals surface area (Å²) in [5, 5.41) is 12.4. The summed E-state index contributed by atoms with van der Waals surface area (Å²) in [4.78, 5) is 28.5. The number of aromatic nitrogens is 1. The molecule has 1 N–H and O–H groups in total. The lowest BCUT2D eigenvalue weighted by Gasteiger charge is -2.25. The molecule has 1 aliphatic heterocycles. The number of para-hydroxylation sites is 1. The van der Waals surface area contributed by atoms with E-state index >= 15 is 0 Å². The van der Waals surface area contributed by atoms with Gasteiger partial charge in [0.15, 0.2) is 0 Å². The highest BCUT2D eigenvalue weighted by molar-refractivity contribution is 6.51. The van der Waals surface area contributed by atoms with Gasteiger partial charge >= 0.3 is 0 Å². The molecule has 38 heavy (non-hydrogen) atoms. The number of anilines is 1. The van der Waals surface area contributed by atoms with Gasteiger partial charge in [0.1, 0.15) is 17.3 Å². The van der Waals surface area contributed by atoms with E-state index in [1.165, 1.54) is 4.90 Å². The minimum absolute atomic E-state index is 0.0398. The van der Waals surface area contributed by atoms with E-state index in [0.29, 0.717) is 35.3 Å². The molecule has 1 aliphatic rings. The van der Waals surface area contributed by atoms with Gasteiger partial charge in [-0.05, 0) is 60.5 Å². The second kappa shape index (κ2) is 10.1. The second-order valence-corrected chi connectivity index (χ2v) is 9.81. The number of nitrogens with zero attached hydrogens (tertiary/aromatic N) is 2. The van der Waals surface area contributed by atoms with E-state index in [0.717, 1.165) is 16.5 Å². The third-order valence-electron chi connectivity index (χ3n) is 6.73. The normalized spacial score (nSPS) is 17.0. The molecule has 7 nitrogen and oxygen atoms in total. The Morgan fingerprint density at radius 3 is 2.26 bits per heavy atom. The number of aliphatic hydroxyl groups excluding tert-OH is 1. The number of carbonyl (C=O) groups is 2. The second-order valence-electron chi connectivity index (χ2n) is 9.81. The van der Waals surface area contributed by atoms with Crippen molar-refractivity contribution in [1.29, 1.82) is 0 Å². The maximum Gasteiger partial charge on any atom is 0.300 e. The summed E-state index contributed by atoms with van der Waals surface area (Å²) in [7, 11) is 3.48. The summed E-state index contributed by atoms with van der Waals surface area (Å²) in [6.07, 6.45) is 1.91. The van der Waals surface area contributed by atoms with Crippen LogP contribution >= 0.6 is 0 Å². The molecule has 1 aromatic heterocycles. The number of benzene rings is 3. The Morgan fingerprint density at radius 1 is 0.947 bits per heavy atom. The van der Waals surface area contributed by atoms with E-state index < -0.39 is 17.7 Å². The fourth-order valence-corrected chi connectivity index (χ4v) is 4.85. The first-order valence-corrected chi connectivity index (χ1v) is 12.5. The molecule has 1 fully saturated rings. The van der Waals surface area contributed by atoms with E-state index in [1.807, 2.05) is 42.1 Å². The summed E-state index contributed by atoms with van der Waals surface area (Å²) >= 11 is 0. The molecular weight excluding hydrogens is 480 g/mol. The van der Waals surface area contributed by atoms with Gasteiger partial charge in [-0.25, -0.2) is 0 Å². The Labute approximate surface area is 221 Å². The van der Waals surface area contributed by atoms with E-state index in [9.17, 15) is 14.7 Å². The molecule has 1 atom stereocenters. The number of aliphatic hydroxyl groups is 1. The van der Waals surface area contributed by atoms with Gasteiger partial charge in [0.05, 0.1) is 25.3 Å². The summed E-state index contributed by atoms with van der Waals surface area (Å²) < 4.78 is 13.0. The molecule has 1 saturated heterocycles. The maximum absolute atomic E-state index is 13.5. The molecule has 1 unspecified atom stereocenters. The van der Waals surface area contributed by atoms with Crippen LogP contribution in [0.2, 0.25) is 0 Å². The highest BCUT2D eigenvalue weighted by Gasteiger charge is 2.47. The third kappa shape index (κ3) is 4.41. The largest absolute Gasteiger partial charge is 0.507 e. The highest BCUT2D eigenvalue weighted by Crippen LogP contribution is 2.45. The fourth-order valence-electron chi connectivity index (χ4n) is 4.85. The summed E-state index contributed by atoms with van der Waals surface area (Å²) in [5.41, 5.74) is 2.70. The van der Waals surface area contributed by atoms with Crippen LogP contribution in [0, 0.1) is 5.92 Å². The van der Waals surface area contributed by atoms with Crippen LogP contribution in [0.15, 0.2) is 84.6 Å². The molecule has 7 heteroatoms. The number of amides is 1. The van der Waals surface area contributed by atoms with Crippen molar-refractivity contribution in [3.05, 3.63) is 95.7 Å². The van der Waals surface area contributed by atoms with Crippen LogP contribution < -0.4 is 14.4 Å². The molecule has 194 valence electrons. The zero-order valence-corrected chi connectivity index (χ0v) is 21.8. The lowest BCUT2D eigenvalue weighted by Crippen LogP contribution is -2.29. The van der Waals surface area contributed by atoms with Gasteiger partial charge in [-0.15, -0.1) is 0 Å². The van der Waals surface area contributed by atoms with Crippen molar-refractivity contribution < 1.29 is 24.2 Å². The number of aryl methyl sites for hydroxylation is 1. The highest BCUT2D eigenvalue weighted by atomic mass is 16.5. The average molecular weight is 511 g/mol.